The molecule has 19 heteroatoms. The summed E-state index contributed by atoms with van der Waals surface area (Å²) in [5, 5.41) is 22.0. The number of nitrogens with zero attached hydrogens (tertiary/aromatic N) is 7. The van der Waals surface area contributed by atoms with Gasteiger partial charge in [-0.25, -0.2) is 19.4 Å². The van der Waals surface area contributed by atoms with Gasteiger partial charge in [-0.2, -0.15) is 0 Å². The molecular formula is C37H38ClN7O11. The summed E-state index contributed by atoms with van der Waals surface area (Å²) in [6, 6.07) is 21.7. The van der Waals surface area contributed by atoms with Crippen molar-refractivity contribution < 1.29 is 48.0 Å². The molecule has 0 aliphatic rings. The highest BCUT2D eigenvalue weighted by molar-refractivity contribution is 6.32. The van der Waals surface area contributed by atoms with Crippen LogP contribution in [0.5, 0.6) is 0 Å². The van der Waals surface area contributed by atoms with Crippen LogP contribution in [0.15, 0.2) is 72.8 Å². The van der Waals surface area contributed by atoms with Crippen molar-refractivity contribution in [2.45, 2.75) is 72.8 Å². The number of halogens is 1. The Morgan fingerprint density at radius 2 is 1.54 bits per heavy atom. The number of hydrogen-bond donors (Lipinski definition) is 0. The van der Waals surface area contributed by atoms with Crippen LogP contribution in [-0.4, -0.2) is 66.0 Å². The highest BCUT2D eigenvalue weighted by Crippen LogP contribution is 2.30. The van der Waals surface area contributed by atoms with Gasteiger partial charge >= 0.3 is 18.3 Å². The minimum atomic E-state index is -1.23. The Bertz CT molecular complexity index is 2120. The Morgan fingerprint density at radius 1 is 0.857 bits per heavy atom. The van der Waals surface area contributed by atoms with Gasteiger partial charge in [-0.3, -0.25) is 0 Å². The number of unbranched alkanes of at least 4 members (excludes halogenated alkanes) is 1. The molecule has 0 N–H and O–H groups in total. The van der Waals surface area contributed by atoms with Crippen LogP contribution in [0.4, 0.5) is 9.59 Å². The fourth-order valence-corrected chi connectivity index (χ4v) is 5.61. The molecule has 56 heavy (non-hydrogen) atoms. The summed E-state index contributed by atoms with van der Waals surface area (Å²) in [5.41, 5.74) is 4.43. The van der Waals surface area contributed by atoms with Crippen molar-refractivity contribution in [1.82, 2.24) is 29.8 Å². The first-order chi connectivity index (χ1) is 27.0. The first-order valence-corrected chi connectivity index (χ1v) is 17.8. The summed E-state index contributed by atoms with van der Waals surface area (Å²) in [7, 11) is 0. The quantitative estimate of drug-likeness (QED) is 0.0289. The van der Waals surface area contributed by atoms with Crippen LogP contribution in [0.25, 0.3) is 22.5 Å². The third-order valence-electron chi connectivity index (χ3n) is 7.99. The molecule has 0 spiro atoms. The van der Waals surface area contributed by atoms with Gasteiger partial charge in [-0.15, -0.1) is 25.1 Å². The fourth-order valence-electron chi connectivity index (χ4n) is 5.34. The molecule has 0 radical (unpaired) electrons. The Labute approximate surface area is 325 Å². The number of benzene rings is 3. The van der Waals surface area contributed by atoms with Crippen molar-refractivity contribution >= 4 is 29.9 Å². The highest BCUT2D eigenvalue weighted by atomic mass is 35.5. The molecule has 0 aliphatic heterocycles. The second-order valence-corrected chi connectivity index (χ2v) is 12.3. The first kappa shape index (κ1) is 40.6. The van der Waals surface area contributed by atoms with Gasteiger partial charge in [-0.1, -0.05) is 97.7 Å². The Morgan fingerprint density at radius 3 is 2.21 bits per heavy atom. The number of hydrogen-bond acceptors (Lipinski definition) is 15. The number of carbonyl (C=O) groups is 3. The van der Waals surface area contributed by atoms with Gasteiger partial charge in [0.25, 0.3) is 5.09 Å². The average molecular weight is 792 g/mol. The number of ether oxygens (including phenoxy) is 5. The van der Waals surface area contributed by atoms with Gasteiger partial charge in [0, 0.05) is 25.5 Å². The van der Waals surface area contributed by atoms with Gasteiger partial charge in [0.05, 0.1) is 6.61 Å². The van der Waals surface area contributed by atoms with Gasteiger partial charge in [0.15, 0.2) is 10.8 Å². The molecule has 0 saturated carbocycles. The van der Waals surface area contributed by atoms with Crippen LogP contribution in [0.3, 0.4) is 0 Å². The number of rotatable bonds is 18. The minimum absolute atomic E-state index is 0.0231. The monoisotopic (exact) mass is 791 g/mol. The highest BCUT2D eigenvalue weighted by Gasteiger charge is 2.26. The topological polar surface area (TPSA) is 211 Å². The van der Waals surface area contributed by atoms with Crippen LogP contribution in [0.2, 0.25) is 5.15 Å². The zero-order chi connectivity index (χ0) is 40.0. The van der Waals surface area contributed by atoms with E-state index in [-0.39, 0.29) is 43.9 Å². The van der Waals surface area contributed by atoms with Crippen molar-refractivity contribution in [3.05, 3.63) is 116 Å². The van der Waals surface area contributed by atoms with E-state index in [1.807, 2.05) is 55.5 Å². The standard InChI is InChI=1S/C37H38ClN7O11/c1-4-6-11-31-39-33(38)32(35(46)55-24(3)56-37(48)51-5-2)43(31)20-25-16-18-28(19-17-25)29-9-7-8-10-30(29)34-40-42-44(41-34)23-53-36(47)52-21-26-12-14-27(15-13-26)22-54-45(49)50/h7-10,12-19,24H,4-6,11,20-23H2,1-3H3. The fraction of sp³-hybridized carbons (Fsp3) is 0.324. The Kier molecular flexibility index (Phi) is 14.3. The normalized spacial score (nSPS) is 11.4. The second-order valence-electron chi connectivity index (χ2n) is 12.0. The summed E-state index contributed by atoms with van der Waals surface area (Å²) in [4.78, 5) is 57.4. The van der Waals surface area contributed by atoms with Crippen molar-refractivity contribution in [2.75, 3.05) is 6.61 Å². The molecule has 1 atom stereocenters. The molecule has 0 fully saturated rings. The smallest absolute Gasteiger partial charge is 0.435 e. The zero-order valence-electron chi connectivity index (χ0n) is 30.7. The first-order valence-electron chi connectivity index (χ1n) is 17.4. The van der Waals surface area contributed by atoms with Gasteiger partial charge < -0.3 is 33.1 Å². The van der Waals surface area contributed by atoms with E-state index in [9.17, 15) is 24.5 Å². The van der Waals surface area contributed by atoms with Crippen molar-refractivity contribution in [2.24, 2.45) is 0 Å². The van der Waals surface area contributed by atoms with E-state index in [0.29, 0.717) is 34.8 Å². The lowest BCUT2D eigenvalue weighted by atomic mass is 9.98. The number of aromatic nitrogens is 6. The lowest BCUT2D eigenvalue weighted by Crippen LogP contribution is -2.24. The molecule has 5 rings (SSSR count). The maximum atomic E-state index is 13.3. The molecule has 294 valence electrons. The summed E-state index contributed by atoms with van der Waals surface area (Å²) in [5.74, 6) is 0.0987. The van der Waals surface area contributed by atoms with Crippen LogP contribution in [0, 0.1) is 10.1 Å². The lowest BCUT2D eigenvalue weighted by Gasteiger charge is -2.16. The third kappa shape index (κ3) is 11.2. The Balaban J connectivity index is 1.23. The molecule has 5 aromatic rings. The number of esters is 1. The van der Waals surface area contributed by atoms with Crippen LogP contribution < -0.4 is 0 Å². The molecule has 0 amide bonds. The lowest BCUT2D eigenvalue weighted by molar-refractivity contribution is -0.763. The van der Waals surface area contributed by atoms with Gasteiger partial charge in [0.1, 0.15) is 19.0 Å². The molecule has 3 aromatic carbocycles. The maximum Gasteiger partial charge on any atom is 0.511 e. The van der Waals surface area contributed by atoms with Crippen molar-refractivity contribution in [3.8, 4) is 22.5 Å². The van der Waals surface area contributed by atoms with Crippen molar-refractivity contribution in [3.63, 3.8) is 0 Å². The van der Waals surface area contributed by atoms with Crippen LogP contribution >= 0.6 is 11.6 Å². The molecule has 18 nitrogen and oxygen atoms in total. The van der Waals surface area contributed by atoms with Crippen LogP contribution in [0.1, 0.15) is 66.6 Å². The summed E-state index contributed by atoms with van der Waals surface area (Å²) in [6.45, 7) is 4.79. The van der Waals surface area contributed by atoms with Crippen molar-refractivity contribution in [1.29, 1.82) is 0 Å². The van der Waals surface area contributed by atoms with E-state index in [2.05, 4.69) is 25.2 Å². The largest absolute Gasteiger partial charge is 0.511 e. The summed E-state index contributed by atoms with van der Waals surface area (Å²) < 4.78 is 27.1. The third-order valence-corrected chi connectivity index (χ3v) is 8.25. The molecule has 0 bridgehead atoms. The molecule has 2 heterocycles. The van der Waals surface area contributed by atoms with E-state index >= 15 is 0 Å². The van der Waals surface area contributed by atoms with Gasteiger partial charge in [-0.05, 0) is 46.4 Å². The maximum absolute atomic E-state index is 13.3. The molecule has 0 saturated heterocycles. The summed E-state index contributed by atoms with van der Waals surface area (Å²) >= 11 is 6.47. The zero-order valence-corrected chi connectivity index (χ0v) is 31.4. The molecule has 2 aromatic heterocycles. The van der Waals surface area contributed by atoms with Crippen LogP contribution in [-0.2, 0) is 61.4 Å². The second kappa shape index (κ2) is 19.7. The SMILES string of the molecule is CCCCc1nc(Cl)c(C(=O)OC(C)OC(=O)OCC)n1Cc1ccc(-c2ccccc2-c2nnn(COC(=O)OCc3ccc(CO[N+](=O)[O-])cc3)n2)cc1. The molecule has 1 unspecified atom stereocenters. The number of aryl methyl sites for hydroxylation is 1. The van der Waals surface area contributed by atoms with E-state index in [1.54, 1.807) is 35.8 Å². The number of carbonyl (C=O) groups excluding carboxylic acids is 3. The predicted octanol–water partition coefficient (Wildman–Crippen LogP) is 6.94. The number of imidazole rings is 1. The van der Waals surface area contributed by atoms with E-state index in [1.165, 1.54) is 6.92 Å². The predicted molar refractivity (Wildman–Crippen MR) is 196 cm³/mol. The summed E-state index contributed by atoms with van der Waals surface area (Å²) in [6.07, 6.45) is -0.855. The minimum Gasteiger partial charge on any atom is -0.435 e. The van der Waals surface area contributed by atoms with E-state index < -0.39 is 29.7 Å². The average Bonchev–Trinajstić information content (AvgIpc) is 3.78. The molecular weight excluding hydrogens is 754 g/mol. The van der Waals surface area contributed by atoms with E-state index in [0.717, 1.165) is 34.3 Å². The molecule has 0 aliphatic carbocycles. The van der Waals surface area contributed by atoms with Gasteiger partial charge in [0.2, 0.25) is 18.8 Å². The number of tetrazole rings is 1. The Hall–Kier alpha value is -6.56. The van der Waals surface area contributed by atoms with E-state index in [4.69, 9.17) is 35.3 Å².